The van der Waals surface area contributed by atoms with Crippen molar-refractivity contribution in [2.24, 2.45) is 0 Å². The number of phenolic OH excluding ortho intramolecular Hbond substituents is 1. The van der Waals surface area contributed by atoms with Gasteiger partial charge in [-0.3, -0.25) is 0 Å². The van der Waals surface area contributed by atoms with E-state index in [-0.39, 0.29) is 5.56 Å². The average molecular weight is 247 g/mol. The fraction of sp³-hybridized carbons (Fsp3) is 0.333. The van der Waals surface area contributed by atoms with Gasteiger partial charge in [0.25, 0.3) is 0 Å². The van der Waals surface area contributed by atoms with E-state index in [4.69, 9.17) is 5.11 Å². The molecule has 0 unspecified atom stereocenters. The summed E-state index contributed by atoms with van der Waals surface area (Å²) in [4.78, 5) is 0. The molecule has 1 saturated carbocycles. The second kappa shape index (κ2) is 2.69. The van der Waals surface area contributed by atoms with Gasteiger partial charge in [0.1, 0.15) is 0 Å². The van der Waals surface area contributed by atoms with E-state index in [0.29, 0.717) is 17.3 Å². The maximum Gasteiger partial charge on any atom is 0.172 e. The number of hydrogen-bond donors (Lipinski definition) is 2. The highest BCUT2D eigenvalue weighted by Gasteiger charge is 2.46. The standard InChI is InChI=1S/C9H8BrFO2/c10-5-1-2-6(12)8(11)7(5)9(13)3-4-9/h1-2,12-13H,3-4H2. The van der Waals surface area contributed by atoms with Gasteiger partial charge >= 0.3 is 0 Å². The van der Waals surface area contributed by atoms with E-state index in [0.717, 1.165) is 0 Å². The summed E-state index contributed by atoms with van der Waals surface area (Å²) in [5, 5.41) is 18.8. The third-order valence-corrected chi connectivity index (χ3v) is 2.92. The number of benzene rings is 1. The first-order chi connectivity index (χ1) is 6.04. The van der Waals surface area contributed by atoms with E-state index in [1.165, 1.54) is 12.1 Å². The van der Waals surface area contributed by atoms with Crippen LogP contribution in [-0.4, -0.2) is 10.2 Å². The lowest BCUT2D eigenvalue weighted by atomic mass is 10.1. The number of phenols is 1. The molecule has 13 heavy (non-hydrogen) atoms. The topological polar surface area (TPSA) is 40.5 Å². The number of aromatic hydroxyl groups is 1. The van der Waals surface area contributed by atoms with Gasteiger partial charge in [0, 0.05) is 10.0 Å². The van der Waals surface area contributed by atoms with Crippen molar-refractivity contribution in [1.29, 1.82) is 0 Å². The molecule has 1 aromatic carbocycles. The third-order valence-electron chi connectivity index (χ3n) is 2.26. The quantitative estimate of drug-likeness (QED) is 0.799. The molecule has 0 saturated heterocycles. The van der Waals surface area contributed by atoms with Crippen LogP contribution in [0.5, 0.6) is 5.75 Å². The van der Waals surface area contributed by atoms with Crippen LogP contribution in [0.15, 0.2) is 16.6 Å². The van der Waals surface area contributed by atoms with Gasteiger partial charge in [-0.05, 0) is 25.0 Å². The van der Waals surface area contributed by atoms with Crippen LogP contribution in [0.1, 0.15) is 18.4 Å². The second-order valence-electron chi connectivity index (χ2n) is 3.29. The molecule has 0 aliphatic heterocycles. The molecule has 4 heteroatoms. The molecule has 1 aliphatic rings. The fourth-order valence-corrected chi connectivity index (χ4v) is 2.01. The van der Waals surface area contributed by atoms with Gasteiger partial charge in [-0.2, -0.15) is 0 Å². The van der Waals surface area contributed by atoms with Crippen molar-refractivity contribution in [1.82, 2.24) is 0 Å². The minimum atomic E-state index is -1.07. The van der Waals surface area contributed by atoms with Gasteiger partial charge < -0.3 is 10.2 Å². The summed E-state index contributed by atoms with van der Waals surface area (Å²) in [6.45, 7) is 0. The summed E-state index contributed by atoms with van der Waals surface area (Å²) in [5.41, 5.74) is -0.894. The van der Waals surface area contributed by atoms with Crippen molar-refractivity contribution in [2.45, 2.75) is 18.4 Å². The van der Waals surface area contributed by atoms with Crippen LogP contribution in [0, 0.1) is 5.82 Å². The Morgan fingerprint density at radius 1 is 1.38 bits per heavy atom. The lowest BCUT2D eigenvalue weighted by Gasteiger charge is -2.12. The molecule has 2 N–H and O–H groups in total. The zero-order valence-corrected chi connectivity index (χ0v) is 8.31. The van der Waals surface area contributed by atoms with Gasteiger partial charge in [0.2, 0.25) is 0 Å². The molecule has 0 amide bonds. The highest BCUT2D eigenvalue weighted by Crippen LogP contribution is 2.50. The molecule has 1 aromatic rings. The maximum atomic E-state index is 13.4. The highest BCUT2D eigenvalue weighted by molar-refractivity contribution is 9.10. The third kappa shape index (κ3) is 1.34. The highest BCUT2D eigenvalue weighted by atomic mass is 79.9. The molecule has 0 radical (unpaired) electrons. The van der Waals surface area contributed by atoms with Crippen LogP contribution in [0.2, 0.25) is 0 Å². The van der Waals surface area contributed by atoms with Crippen molar-refractivity contribution in [3.63, 3.8) is 0 Å². The number of halogens is 2. The van der Waals surface area contributed by atoms with Gasteiger partial charge in [-0.25, -0.2) is 4.39 Å². The van der Waals surface area contributed by atoms with Crippen molar-refractivity contribution < 1.29 is 14.6 Å². The molecule has 70 valence electrons. The molecular weight excluding hydrogens is 239 g/mol. The zero-order chi connectivity index (χ0) is 9.64. The SMILES string of the molecule is Oc1ccc(Br)c(C2(O)CC2)c1F. The monoisotopic (exact) mass is 246 g/mol. The molecule has 0 bridgehead atoms. The van der Waals surface area contributed by atoms with Crippen molar-refractivity contribution in [3.05, 3.63) is 28.0 Å². The van der Waals surface area contributed by atoms with E-state index in [1.807, 2.05) is 0 Å². The van der Waals surface area contributed by atoms with Crippen LogP contribution in [0.3, 0.4) is 0 Å². The molecule has 1 aliphatic carbocycles. The summed E-state index contributed by atoms with van der Waals surface area (Å²) < 4.78 is 13.9. The summed E-state index contributed by atoms with van der Waals surface area (Å²) in [7, 11) is 0. The van der Waals surface area contributed by atoms with Crippen LogP contribution >= 0.6 is 15.9 Å². The normalized spacial score (nSPS) is 18.7. The molecule has 0 heterocycles. The lowest BCUT2D eigenvalue weighted by molar-refractivity contribution is 0.145. The Hall–Kier alpha value is -0.610. The summed E-state index contributed by atoms with van der Waals surface area (Å²) in [6.07, 6.45) is 1.10. The number of rotatable bonds is 1. The first-order valence-corrected chi connectivity index (χ1v) is 4.74. The first-order valence-electron chi connectivity index (χ1n) is 3.94. The van der Waals surface area contributed by atoms with E-state index in [9.17, 15) is 9.50 Å². The smallest absolute Gasteiger partial charge is 0.172 e. The molecule has 0 spiro atoms. The minimum absolute atomic E-state index is 0.174. The number of hydrogen-bond acceptors (Lipinski definition) is 2. The lowest BCUT2D eigenvalue weighted by Crippen LogP contribution is -2.08. The average Bonchev–Trinajstić information content (AvgIpc) is 2.78. The van der Waals surface area contributed by atoms with E-state index in [2.05, 4.69) is 15.9 Å². The summed E-state index contributed by atoms with van der Waals surface area (Å²) >= 11 is 3.15. The fourth-order valence-electron chi connectivity index (χ4n) is 1.34. The molecule has 1 fully saturated rings. The van der Waals surface area contributed by atoms with E-state index >= 15 is 0 Å². The largest absolute Gasteiger partial charge is 0.505 e. The minimum Gasteiger partial charge on any atom is -0.505 e. The second-order valence-corrected chi connectivity index (χ2v) is 4.14. The van der Waals surface area contributed by atoms with Crippen LogP contribution in [-0.2, 0) is 5.60 Å². The van der Waals surface area contributed by atoms with Gasteiger partial charge in [-0.1, -0.05) is 15.9 Å². The van der Waals surface area contributed by atoms with Crippen LogP contribution < -0.4 is 0 Å². The van der Waals surface area contributed by atoms with E-state index < -0.39 is 17.2 Å². The Balaban J connectivity index is 2.61. The Morgan fingerprint density at radius 2 is 2.00 bits per heavy atom. The molecule has 2 rings (SSSR count). The Labute approximate surface area is 83.1 Å². The van der Waals surface area contributed by atoms with Crippen molar-refractivity contribution >= 4 is 15.9 Å². The summed E-state index contributed by atoms with van der Waals surface area (Å²) in [6, 6.07) is 2.79. The van der Waals surface area contributed by atoms with Crippen LogP contribution in [0.4, 0.5) is 4.39 Å². The predicted molar refractivity (Wildman–Crippen MR) is 48.9 cm³/mol. The Bertz CT molecular complexity index is 361. The van der Waals surface area contributed by atoms with Gasteiger partial charge in [-0.15, -0.1) is 0 Å². The van der Waals surface area contributed by atoms with Crippen LogP contribution in [0.25, 0.3) is 0 Å². The Kier molecular flexibility index (Phi) is 1.85. The molecule has 0 atom stereocenters. The zero-order valence-electron chi connectivity index (χ0n) is 6.72. The number of aliphatic hydroxyl groups is 1. The summed E-state index contributed by atoms with van der Waals surface area (Å²) in [5.74, 6) is -1.15. The first kappa shape index (κ1) is 8.97. The van der Waals surface area contributed by atoms with E-state index in [1.54, 1.807) is 0 Å². The van der Waals surface area contributed by atoms with Crippen molar-refractivity contribution in [2.75, 3.05) is 0 Å². The van der Waals surface area contributed by atoms with Gasteiger partial charge in [0.15, 0.2) is 11.6 Å². The maximum absolute atomic E-state index is 13.4. The predicted octanol–water partition coefficient (Wildman–Crippen LogP) is 2.28. The molecular formula is C9H8BrFO2. The Morgan fingerprint density at radius 3 is 2.54 bits per heavy atom. The molecule has 0 aromatic heterocycles. The van der Waals surface area contributed by atoms with Crippen molar-refractivity contribution in [3.8, 4) is 5.75 Å². The van der Waals surface area contributed by atoms with Gasteiger partial charge in [0.05, 0.1) is 5.60 Å². The molecule has 2 nitrogen and oxygen atoms in total.